The summed E-state index contributed by atoms with van der Waals surface area (Å²) in [6.45, 7) is 10.0. The molecule has 0 saturated carbocycles. The molecule has 1 unspecified atom stereocenters. The summed E-state index contributed by atoms with van der Waals surface area (Å²) in [4.78, 5) is 12.9. The van der Waals surface area contributed by atoms with Gasteiger partial charge < -0.3 is 10.0 Å². The SMILES string of the molecule is CCCN(CCC)CCC(C)CCC(=O)O. The van der Waals surface area contributed by atoms with Crippen LogP contribution in [0.2, 0.25) is 0 Å². The van der Waals surface area contributed by atoms with Crippen molar-refractivity contribution in [2.45, 2.75) is 52.9 Å². The van der Waals surface area contributed by atoms with Crippen molar-refractivity contribution in [1.82, 2.24) is 4.90 Å². The molecule has 0 saturated heterocycles. The Hall–Kier alpha value is -0.570. The van der Waals surface area contributed by atoms with Crippen molar-refractivity contribution >= 4 is 5.97 Å². The first-order valence-electron chi connectivity index (χ1n) is 6.54. The zero-order valence-electron chi connectivity index (χ0n) is 11.0. The first-order chi connectivity index (χ1) is 7.60. The summed E-state index contributed by atoms with van der Waals surface area (Å²) in [5.74, 6) is -0.155. The Labute approximate surface area is 99.8 Å². The highest BCUT2D eigenvalue weighted by Crippen LogP contribution is 2.11. The summed E-state index contributed by atoms with van der Waals surface area (Å²) >= 11 is 0. The van der Waals surface area contributed by atoms with Gasteiger partial charge in [0.2, 0.25) is 0 Å². The minimum Gasteiger partial charge on any atom is -0.481 e. The molecule has 0 fully saturated rings. The molecule has 3 heteroatoms. The molecule has 0 bridgehead atoms. The molecule has 0 radical (unpaired) electrons. The number of carboxylic acids is 1. The first kappa shape index (κ1) is 15.4. The Bertz CT molecular complexity index is 177. The number of hydrogen-bond donors (Lipinski definition) is 1. The van der Waals surface area contributed by atoms with Crippen LogP contribution in [0.3, 0.4) is 0 Å². The highest BCUT2D eigenvalue weighted by atomic mass is 16.4. The smallest absolute Gasteiger partial charge is 0.303 e. The molecule has 0 aliphatic heterocycles. The summed E-state index contributed by atoms with van der Waals surface area (Å²) < 4.78 is 0. The van der Waals surface area contributed by atoms with Crippen LogP contribution in [0, 0.1) is 5.92 Å². The highest BCUT2D eigenvalue weighted by Gasteiger charge is 2.08. The molecule has 0 spiro atoms. The van der Waals surface area contributed by atoms with E-state index in [9.17, 15) is 4.79 Å². The summed E-state index contributed by atoms with van der Waals surface area (Å²) in [5, 5.41) is 8.60. The quantitative estimate of drug-likeness (QED) is 0.626. The average Bonchev–Trinajstić information content (AvgIpc) is 2.23. The number of carboxylic acid groups (broad SMARTS) is 1. The van der Waals surface area contributed by atoms with Gasteiger partial charge in [-0.05, 0) is 51.2 Å². The highest BCUT2D eigenvalue weighted by molar-refractivity contribution is 5.66. The average molecular weight is 229 g/mol. The van der Waals surface area contributed by atoms with Gasteiger partial charge in [-0.2, -0.15) is 0 Å². The molecule has 0 rings (SSSR count). The van der Waals surface area contributed by atoms with Crippen molar-refractivity contribution < 1.29 is 9.90 Å². The molecule has 16 heavy (non-hydrogen) atoms. The number of aliphatic carboxylic acids is 1. The van der Waals surface area contributed by atoms with E-state index in [1.165, 1.54) is 25.9 Å². The van der Waals surface area contributed by atoms with E-state index in [1.807, 2.05) is 0 Å². The summed E-state index contributed by atoms with van der Waals surface area (Å²) in [6, 6.07) is 0. The van der Waals surface area contributed by atoms with Crippen molar-refractivity contribution in [3.05, 3.63) is 0 Å². The molecular weight excluding hydrogens is 202 g/mol. The molecule has 96 valence electrons. The Morgan fingerprint density at radius 1 is 1.12 bits per heavy atom. The van der Waals surface area contributed by atoms with Gasteiger partial charge >= 0.3 is 5.97 Å². The zero-order chi connectivity index (χ0) is 12.4. The normalized spacial score (nSPS) is 13.0. The zero-order valence-corrected chi connectivity index (χ0v) is 11.0. The number of rotatable bonds is 10. The fourth-order valence-electron chi connectivity index (χ4n) is 1.89. The van der Waals surface area contributed by atoms with Crippen LogP contribution in [0.15, 0.2) is 0 Å². The van der Waals surface area contributed by atoms with Gasteiger partial charge in [0.05, 0.1) is 0 Å². The maximum Gasteiger partial charge on any atom is 0.303 e. The van der Waals surface area contributed by atoms with Gasteiger partial charge in [-0.1, -0.05) is 20.8 Å². The number of carbonyl (C=O) groups is 1. The first-order valence-corrected chi connectivity index (χ1v) is 6.54. The van der Waals surface area contributed by atoms with Crippen LogP contribution in [-0.4, -0.2) is 35.6 Å². The van der Waals surface area contributed by atoms with Crippen molar-refractivity contribution in [1.29, 1.82) is 0 Å². The van der Waals surface area contributed by atoms with Crippen LogP contribution in [0.1, 0.15) is 52.9 Å². The summed E-state index contributed by atoms with van der Waals surface area (Å²) in [6.07, 6.45) is 4.63. The molecule has 0 aromatic carbocycles. The second-order valence-electron chi connectivity index (χ2n) is 4.67. The lowest BCUT2D eigenvalue weighted by atomic mass is 10.0. The third-order valence-electron chi connectivity index (χ3n) is 2.87. The van der Waals surface area contributed by atoms with Crippen molar-refractivity contribution in [2.75, 3.05) is 19.6 Å². The van der Waals surface area contributed by atoms with Crippen LogP contribution >= 0.6 is 0 Å². The molecule has 0 aromatic rings. The molecule has 0 amide bonds. The van der Waals surface area contributed by atoms with E-state index >= 15 is 0 Å². The molecule has 0 heterocycles. The minimum atomic E-state index is -0.675. The van der Waals surface area contributed by atoms with Gasteiger partial charge in [0, 0.05) is 6.42 Å². The fourth-order valence-corrected chi connectivity index (χ4v) is 1.89. The van der Waals surface area contributed by atoms with Gasteiger partial charge in [0.15, 0.2) is 0 Å². The molecular formula is C13H27NO2. The van der Waals surface area contributed by atoms with E-state index in [1.54, 1.807) is 0 Å². The Morgan fingerprint density at radius 3 is 2.12 bits per heavy atom. The van der Waals surface area contributed by atoms with Crippen molar-refractivity contribution in [3.8, 4) is 0 Å². The van der Waals surface area contributed by atoms with Crippen molar-refractivity contribution in [3.63, 3.8) is 0 Å². The summed E-state index contributed by atoms with van der Waals surface area (Å²) in [5.41, 5.74) is 0. The van der Waals surface area contributed by atoms with Gasteiger partial charge in [-0.3, -0.25) is 4.79 Å². The van der Waals surface area contributed by atoms with E-state index in [0.717, 1.165) is 19.4 Å². The fraction of sp³-hybridized carbons (Fsp3) is 0.923. The minimum absolute atomic E-state index is 0.308. The molecule has 1 atom stereocenters. The van der Waals surface area contributed by atoms with Gasteiger partial charge in [-0.15, -0.1) is 0 Å². The lowest BCUT2D eigenvalue weighted by Gasteiger charge is -2.22. The van der Waals surface area contributed by atoms with Crippen LogP contribution in [0.4, 0.5) is 0 Å². The predicted octanol–water partition coefficient (Wildman–Crippen LogP) is 3.00. The predicted molar refractivity (Wildman–Crippen MR) is 67.7 cm³/mol. The van der Waals surface area contributed by atoms with E-state index in [4.69, 9.17) is 5.11 Å². The Balaban J connectivity index is 3.68. The van der Waals surface area contributed by atoms with E-state index in [0.29, 0.717) is 12.3 Å². The third kappa shape index (κ3) is 8.72. The van der Waals surface area contributed by atoms with E-state index in [-0.39, 0.29) is 0 Å². The van der Waals surface area contributed by atoms with Crippen LogP contribution in [-0.2, 0) is 4.79 Å². The second kappa shape index (κ2) is 9.64. The van der Waals surface area contributed by atoms with E-state index in [2.05, 4.69) is 25.7 Å². The molecule has 0 aromatic heterocycles. The molecule has 3 nitrogen and oxygen atoms in total. The summed E-state index contributed by atoms with van der Waals surface area (Å²) in [7, 11) is 0. The van der Waals surface area contributed by atoms with Gasteiger partial charge in [0.25, 0.3) is 0 Å². The van der Waals surface area contributed by atoms with E-state index < -0.39 is 5.97 Å². The maximum atomic E-state index is 10.4. The Kier molecular flexibility index (Phi) is 9.30. The van der Waals surface area contributed by atoms with Crippen molar-refractivity contribution in [2.24, 2.45) is 5.92 Å². The van der Waals surface area contributed by atoms with Crippen LogP contribution in [0.5, 0.6) is 0 Å². The third-order valence-corrected chi connectivity index (χ3v) is 2.87. The van der Waals surface area contributed by atoms with Crippen LogP contribution in [0.25, 0.3) is 0 Å². The molecule has 0 aliphatic rings. The van der Waals surface area contributed by atoms with Gasteiger partial charge in [0.1, 0.15) is 0 Å². The number of hydrogen-bond acceptors (Lipinski definition) is 2. The second-order valence-corrected chi connectivity index (χ2v) is 4.67. The topological polar surface area (TPSA) is 40.5 Å². The van der Waals surface area contributed by atoms with Gasteiger partial charge in [-0.25, -0.2) is 0 Å². The standard InChI is InChI=1S/C13H27NO2/c1-4-9-14(10-5-2)11-8-12(3)6-7-13(15)16/h12H,4-11H2,1-3H3,(H,15,16). The monoisotopic (exact) mass is 229 g/mol. The molecule has 0 aliphatic carbocycles. The lowest BCUT2D eigenvalue weighted by Crippen LogP contribution is -2.27. The Morgan fingerprint density at radius 2 is 1.69 bits per heavy atom. The van der Waals surface area contributed by atoms with Crippen LogP contribution < -0.4 is 0 Å². The maximum absolute atomic E-state index is 10.4. The largest absolute Gasteiger partial charge is 0.481 e. The molecule has 1 N–H and O–H groups in total. The lowest BCUT2D eigenvalue weighted by molar-refractivity contribution is -0.137. The number of nitrogens with zero attached hydrogens (tertiary/aromatic N) is 1.